The summed E-state index contributed by atoms with van der Waals surface area (Å²) in [5.41, 5.74) is 15.1. The van der Waals surface area contributed by atoms with Gasteiger partial charge in [-0.25, -0.2) is 9.97 Å². The molecule has 0 amide bonds. The normalized spacial score (nSPS) is 11.7. The summed E-state index contributed by atoms with van der Waals surface area (Å²) in [6.45, 7) is 0. The fourth-order valence-electron chi connectivity index (χ4n) is 9.16. The van der Waals surface area contributed by atoms with Crippen LogP contribution in [0.2, 0.25) is 0 Å². The van der Waals surface area contributed by atoms with E-state index < -0.39 is 0 Å². The van der Waals surface area contributed by atoms with Gasteiger partial charge >= 0.3 is 0 Å². The van der Waals surface area contributed by atoms with E-state index in [9.17, 15) is 0 Å². The summed E-state index contributed by atoms with van der Waals surface area (Å²) in [5, 5.41) is 9.75. The van der Waals surface area contributed by atoms with Crippen LogP contribution in [-0.4, -0.2) is 15.0 Å². The van der Waals surface area contributed by atoms with Crippen molar-refractivity contribution in [2.24, 2.45) is 0 Å². The molecule has 0 unspecified atom stereocenters. The maximum atomic E-state index is 5.32. The second-order valence-electron chi connectivity index (χ2n) is 15.5. The van der Waals surface area contributed by atoms with Crippen LogP contribution in [0.25, 0.3) is 121 Å². The van der Waals surface area contributed by atoms with Gasteiger partial charge in [0.25, 0.3) is 0 Å². The minimum Gasteiger partial charge on any atom is -0.256 e. The molecule has 0 aliphatic heterocycles. The molecule has 0 aliphatic rings. The van der Waals surface area contributed by atoms with E-state index in [-0.39, 0.29) is 0 Å². The van der Waals surface area contributed by atoms with E-state index in [0.29, 0.717) is 0 Å². The van der Waals surface area contributed by atoms with Gasteiger partial charge in [-0.15, -0.1) is 0 Å². The van der Waals surface area contributed by atoms with Crippen LogP contribution in [-0.2, 0) is 0 Å². The Morgan fingerprint density at radius 1 is 0.267 bits per heavy atom. The summed E-state index contributed by atoms with van der Waals surface area (Å²) < 4.78 is 0. The molecule has 0 saturated heterocycles. The molecule has 0 spiro atoms. The second-order valence-corrected chi connectivity index (χ2v) is 15.5. The van der Waals surface area contributed by atoms with Crippen LogP contribution in [0.3, 0.4) is 0 Å². The molecule has 3 heteroatoms. The molecule has 0 radical (unpaired) electrons. The van der Waals surface area contributed by atoms with Gasteiger partial charge in [0.15, 0.2) is 0 Å². The molecule has 0 fully saturated rings. The Kier molecular flexibility index (Phi) is 7.85. The predicted octanol–water partition coefficient (Wildman–Crippen LogP) is 15.1. The fourth-order valence-corrected chi connectivity index (χ4v) is 9.16. The lowest BCUT2D eigenvalue weighted by Crippen LogP contribution is -1.92. The molecule has 0 saturated carbocycles. The first kappa shape index (κ1) is 34.1. The topological polar surface area (TPSA) is 38.7 Å². The summed E-state index contributed by atoms with van der Waals surface area (Å²) in [4.78, 5) is 15.1. The largest absolute Gasteiger partial charge is 0.256 e. The van der Waals surface area contributed by atoms with Gasteiger partial charge in [-0.1, -0.05) is 176 Å². The summed E-state index contributed by atoms with van der Waals surface area (Å²) in [7, 11) is 0. The third-order valence-electron chi connectivity index (χ3n) is 12.1. The highest BCUT2D eigenvalue weighted by Gasteiger charge is 2.17. The molecule has 3 heterocycles. The van der Waals surface area contributed by atoms with E-state index in [1.807, 2.05) is 24.4 Å². The van der Waals surface area contributed by atoms with Crippen LogP contribution in [0.5, 0.6) is 0 Å². The standard InChI is InChI=1S/C57H35N3/c1-2-9-36(10-3-1)45-13-4-5-14-47(45)48-29-23-40-24-30-49-46(28-22-39-25-31-50(48)55(40)54(39)49)43-11-8-12-44(35-43)53-33-27-42-21-20-41-26-32-52(59-56(41)57(42)60-53)38-18-16-37(17-19-38)51-15-6-7-34-58-51/h1-35H. The predicted molar refractivity (Wildman–Crippen MR) is 251 cm³/mol. The van der Waals surface area contributed by atoms with E-state index in [2.05, 4.69) is 193 Å². The van der Waals surface area contributed by atoms with Crippen molar-refractivity contribution in [2.45, 2.75) is 0 Å². The number of nitrogens with zero attached hydrogens (tertiary/aromatic N) is 3. The quantitative estimate of drug-likeness (QED) is 0.158. The summed E-state index contributed by atoms with van der Waals surface area (Å²) in [6.07, 6.45) is 1.83. The van der Waals surface area contributed by atoms with Crippen LogP contribution >= 0.6 is 0 Å². The van der Waals surface area contributed by atoms with Crippen molar-refractivity contribution in [3.8, 4) is 67.2 Å². The first-order chi connectivity index (χ1) is 29.7. The Morgan fingerprint density at radius 3 is 1.47 bits per heavy atom. The lowest BCUT2D eigenvalue weighted by Gasteiger charge is -2.18. The second kappa shape index (κ2) is 13.8. The molecule has 3 nitrogen and oxygen atoms in total. The van der Waals surface area contributed by atoms with E-state index >= 15 is 0 Å². The molecule has 9 aromatic carbocycles. The Morgan fingerprint density at radius 2 is 0.783 bits per heavy atom. The Hall–Kier alpha value is -8.01. The van der Waals surface area contributed by atoms with Gasteiger partial charge in [0.1, 0.15) is 0 Å². The van der Waals surface area contributed by atoms with Crippen LogP contribution in [0.15, 0.2) is 212 Å². The Labute approximate surface area is 347 Å². The molecule has 0 aliphatic carbocycles. The summed E-state index contributed by atoms with van der Waals surface area (Å²) >= 11 is 0. The first-order valence-corrected chi connectivity index (χ1v) is 20.4. The highest BCUT2D eigenvalue weighted by atomic mass is 14.8. The minimum atomic E-state index is 0.898. The van der Waals surface area contributed by atoms with Crippen molar-refractivity contribution < 1.29 is 0 Å². The third kappa shape index (κ3) is 5.63. The number of aromatic nitrogens is 3. The fraction of sp³-hybridized carbons (Fsp3) is 0. The number of rotatable bonds is 6. The maximum absolute atomic E-state index is 5.32. The van der Waals surface area contributed by atoms with Gasteiger partial charge in [0, 0.05) is 33.7 Å². The van der Waals surface area contributed by atoms with Crippen molar-refractivity contribution in [3.05, 3.63) is 212 Å². The molecular weight excluding hydrogens is 727 g/mol. The van der Waals surface area contributed by atoms with Gasteiger partial charge in [-0.05, 0) is 96.0 Å². The SMILES string of the molecule is c1ccc(-c2ccccc2-c2ccc3ccc4c(-c5cccc(-c6ccc7ccc8ccc(-c9ccc(-c%10ccccn%10)cc9)nc8c7n6)c5)ccc5ccc2c3c54)cc1. The van der Waals surface area contributed by atoms with Gasteiger partial charge in [-0.3, -0.25) is 4.98 Å². The molecule has 12 rings (SSSR count). The lowest BCUT2D eigenvalue weighted by molar-refractivity contribution is 1.32. The Bertz CT molecular complexity index is 3580. The number of pyridine rings is 3. The first-order valence-electron chi connectivity index (χ1n) is 20.4. The highest BCUT2D eigenvalue weighted by Crippen LogP contribution is 2.44. The molecule has 3 aromatic heterocycles. The molecule has 0 N–H and O–H groups in total. The van der Waals surface area contributed by atoms with E-state index in [1.165, 1.54) is 60.1 Å². The van der Waals surface area contributed by atoms with Crippen LogP contribution in [0.4, 0.5) is 0 Å². The maximum Gasteiger partial charge on any atom is 0.0972 e. The number of hydrogen-bond acceptors (Lipinski definition) is 3. The lowest BCUT2D eigenvalue weighted by atomic mass is 9.85. The van der Waals surface area contributed by atoms with Crippen molar-refractivity contribution in [2.75, 3.05) is 0 Å². The molecule has 0 atom stereocenters. The van der Waals surface area contributed by atoms with Crippen LogP contribution in [0, 0.1) is 0 Å². The van der Waals surface area contributed by atoms with Crippen molar-refractivity contribution in [1.29, 1.82) is 0 Å². The minimum absolute atomic E-state index is 0.898. The molecule has 60 heavy (non-hydrogen) atoms. The monoisotopic (exact) mass is 761 g/mol. The van der Waals surface area contributed by atoms with Crippen molar-refractivity contribution in [3.63, 3.8) is 0 Å². The molecule has 278 valence electrons. The average molecular weight is 762 g/mol. The van der Waals surface area contributed by atoms with Gasteiger partial charge in [0.2, 0.25) is 0 Å². The van der Waals surface area contributed by atoms with E-state index in [4.69, 9.17) is 9.97 Å². The number of fused-ring (bicyclic) bond motifs is 3. The van der Waals surface area contributed by atoms with Crippen molar-refractivity contribution in [1.82, 2.24) is 15.0 Å². The van der Waals surface area contributed by atoms with Crippen LogP contribution in [0.1, 0.15) is 0 Å². The Balaban J connectivity index is 0.952. The molecule has 0 bridgehead atoms. The zero-order chi connectivity index (χ0) is 39.6. The van der Waals surface area contributed by atoms with E-state index in [0.717, 1.165) is 61.1 Å². The van der Waals surface area contributed by atoms with Crippen molar-refractivity contribution >= 4 is 54.1 Å². The van der Waals surface area contributed by atoms with Gasteiger partial charge in [-0.2, -0.15) is 0 Å². The smallest absolute Gasteiger partial charge is 0.0972 e. The van der Waals surface area contributed by atoms with Gasteiger partial charge < -0.3 is 0 Å². The molecular formula is C57H35N3. The zero-order valence-electron chi connectivity index (χ0n) is 32.5. The highest BCUT2D eigenvalue weighted by molar-refractivity contribution is 6.28. The third-order valence-corrected chi connectivity index (χ3v) is 12.1. The summed E-state index contributed by atoms with van der Waals surface area (Å²) in [5.74, 6) is 0. The average Bonchev–Trinajstić information content (AvgIpc) is 3.33. The van der Waals surface area contributed by atoms with Gasteiger partial charge in [0.05, 0.1) is 28.1 Å². The molecule has 12 aromatic rings. The zero-order valence-corrected chi connectivity index (χ0v) is 32.5. The van der Waals surface area contributed by atoms with E-state index in [1.54, 1.807) is 0 Å². The van der Waals surface area contributed by atoms with Crippen LogP contribution < -0.4 is 0 Å². The summed E-state index contributed by atoms with van der Waals surface area (Å²) in [6, 6.07) is 73.9. The number of hydrogen-bond donors (Lipinski definition) is 0. The number of benzene rings is 9.